The Kier molecular flexibility index (Phi) is 7.29. The van der Waals surface area contributed by atoms with Crippen molar-refractivity contribution in [1.82, 2.24) is 5.32 Å². The highest BCUT2D eigenvalue weighted by Crippen LogP contribution is 2.46. The van der Waals surface area contributed by atoms with Crippen LogP contribution in [0.1, 0.15) is 23.3 Å². The summed E-state index contributed by atoms with van der Waals surface area (Å²) in [6, 6.07) is 11.5. The Balaban J connectivity index is 0.00000112. The summed E-state index contributed by atoms with van der Waals surface area (Å²) in [5, 5.41) is 3.47. The third kappa shape index (κ3) is 4.07. The highest BCUT2D eigenvalue weighted by molar-refractivity contribution is 7.15. The second kappa shape index (κ2) is 9.33. The van der Waals surface area contributed by atoms with Crippen molar-refractivity contribution in [2.45, 2.75) is 24.9 Å². The zero-order valence-corrected chi connectivity index (χ0v) is 18.4. The Labute approximate surface area is 183 Å². The van der Waals surface area contributed by atoms with E-state index in [-0.39, 0.29) is 30.4 Å². The Morgan fingerprint density at radius 1 is 0.964 bits per heavy atom. The van der Waals surface area contributed by atoms with Gasteiger partial charge in [-0.25, -0.2) is 0 Å². The van der Waals surface area contributed by atoms with Crippen LogP contribution in [0.25, 0.3) is 10.4 Å². The molecule has 28 heavy (non-hydrogen) atoms. The number of nitrogens with one attached hydrogen (secondary N) is 1. The van der Waals surface area contributed by atoms with Crippen LogP contribution < -0.4 is 10.2 Å². The molecular formula is C21H28Cl2N2O2S. The molecule has 4 nitrogen and oxygen atoms in total. The van der Waals surface area contributed by atoms with Crippen LogP contribution in [0.2, 0.25) is 0 Å². The van der Waals surface area contributed by atoms with Gasteiger partial charge in [0.05, 0.1) is 19.8 Å². The number of nitrogens with zero attached hydrogens (tertiary/aromatic N) is 1. The second-order valence-electron chi connectivity index (χ2n) is 7.45. The van der Waals surface area contributed by atoms with Gasteiger partial charge < -0.3 is 19.7 Å². The van der Waals surface area contributed by atoms with E-state index in [4.69, 9.17) is 9.47 Å². The van der Waals surface area contributed by atoms with E-state index >= 15 is 0 Å². The van der Waals surface area contributed by atoms with E-state index in [1.165, 1.54) is 26.6 Å². The van der Waals surface area contributed by atoms with Crippen molar-refractivity contribution in [3.63, 3.8) is 0 Å². The van der Waals surface area contributed by atoms with Crippen molar-refractivity contribution in [2.24, 2.45) is 0 Å². The number of benzene rings is 1. The molecule has 4 heterocycles. The van der Waals surface area contributed by atoms with Crippen LogP contribution in [0.5, 0.6) is 0 Å². The van der Waals surface area contributed by atoms with Gasteiger partial charge >= 0.3 is 0 Å². The number of rotatable bonds is 2. The minimum atomic E-state index is -0.0323. The molecule has 2 fully saturated rings. The van der Waals surface area contributed by atoms with Gasteiger partial charge in [-0.3, -0.25) is 0 Å². The molecule has 1 aromatic heterocycles. The Hall–Kier alpha value is -0.820. The third-order valence-corrected chi connectivity index (χ3v) is 7.32. The number of anilines is 1. The first-order chi connectivity index (χ1) is 12.8. The average Bonchev–Trinajstić information content (AvgIpc) is 3.16. The van der Waals surface area contributed by atoms with Crippen LogP contribution in [-0.2, 0) is 21.5 Å². The minimum absolute atomic E-state index is 0. The van der Waals surface area contributed by atoms with E-state index in [0.717, 1.165) is 65.3 Å². The van der Waals surface area contributed by atoms with Crippen molar-refractivity contribution in [3.05, 3.63) is 40.8 Å². The molecule has 2 aromatic rings. The topological polar surface area (TPSA) is 33.7 Å². The van der Waals surface area contributed by atoms with Crippen LogP contribution in [0.4, 0.5) is 5.69 Å². The number of piperidine rings is 1. The number of halogens is 2. The lowest BCUT2D eigenvalue weighted by atomic mass is 9.86. The monoisotopic (exact) mass is 442 g/mol. The van der Waals surface area contributed by atoms with E-state index in [1.807, 2.05) is 11.3 Å². The fourth-order valence-corrected chi connectivity index (χ4v) is 5.84. The summed E-state index contributed by atoms with van der Waals surface area (Å²) in [5.41, 5.74) is 4.10. The zero-order chi connectivity index (χ0) is 17.4. The highest BCUT2D eigenvalue weighted by Gasteiger charge is 2.40. The summed E-state index contributed by atoms with van der Waals surface area (Å²) in [6.45, 7) is 6.61. The third-order valence-electron chi connectivity index (χ3n) is 5.91. The molecular weight excluding hydrogens is 415 g/mol. The van der Waals surface area contributed by atoms with Crippen molar-refractivity contribution in [2.75, 3.05) is 50.9 Å². The van der Waals surface area contributed by atoms with E-state index in [1.54, 1.807) is 0 Å². The molecule has 1 aromatic carbocycles. The predicted octanol–water partition coefficient (Wildman–Crippen LogP) is 4.25. The lowest BCUT2D eigenvalue weighted by Gasteiger charge is -2.40. The zero-order valence-electron chi connectivity index (χ0n) is 15.9. The SMILES string of the molecule is Cl.Cl.c1cc(N2CCOCC2)ccc1-c1cc2c(s1)C1(CCNCC1)OCC2. The molecule has 1 spiro atoms. The molecule has 7 heteroatoms. The first-order valence-electron chi connectivity index (χ1n) is 9.75. The Morgan fingerprint density at radius 2 is 1.68 bits per heavy atom. The Morgan fingerprint density at radius 3 is 2.39 bits per heavy atom. The fourth-order valence-electron chi connectivity index (χ4n) is 4.42. The van der Waals surface area contributed by atoms with Gasteiger partial charge in [-0.2, -0.15) is 0 Å². The summed E-state index contributed by atoms with van der Waals surface area (Å²) >= 11 is 1.95. The summed E-state index contributed by atoms with van der Waals surface area (Å²) in [7, 11) is 0. The maximum absolute atomic E-state index is 6.33. The number of hydrogen-bond acceptors (Lipinski definition) is 5. The van der Waals surface area contributed by atoms with Crippen LogP contribution in [-0.4, -0.2) is 46.0 Å². The number of fused-ring (bicyclic) bond motifs is 2. The molecule has 2 saturated heterocycles. The second-order valence-corrected chi connectivity index (χ2v) is 8.51. The molecule has 3 aliphatic rings. The molecule has 0 aliphatic carbocycles. The van der Waals surface area contributed by atoms with Crippen LogP contribution >= 0.6 is 36.2 Å². The molecule has 0 atom stereocenters. The van der Waals surface area contributed by atoms with E-state index in [2.05, 4.69) is 40.5 Å². The van der Waals surface area contributed by atoms with Crippen molar-refractivity contribution in [1.29, 1.82) is 0 Å². The van der Waals surface area contributed by atoms with Gasteiger partial charge in [-0.15, -0.1) is 36.2 Å². The van der Waals surface area contributed by atoms with Crippen molar-refractivity contribution in [3.8, 4) is 10.4 Å². The maximum atomic E-state index is 6.33. The minimum Gasteiger partial charge on any atom is -0.378 e. The van der Waals surface area contributed by atoms with Crippen LogP contribution in [0, 0.1) is 0 Å². The first kappa shape index (κ1) is 21.9. The number of ether oxygens (including phenoxy) is 2. The van der Waals surface area contributed by atoms with Gasteiger partial charge in [0.2, 0.25) is 0 Å². The molecule has 0 saturated carbocycles. The molecule has 0 unspecified atom stereocenters. The van der Waals surface area contributed by atoms with Gasteiger partial charge in [0.15, 0.2) is 0 Å². The Bertz CT molecular complexity index is 769. The highest BCUT2D eigenvalue weighted by atomic mass is 35.5. The summed E-state index contributed by atoms with van der Waals surface area (Å²) in [6.07, 6.45) is 3.23. The average molecular weight is 443 g/mol. The van der Waals surface area contributed by atoms with Gasteiger partial charge in [0.1, 0.15) is 5.60 Å². The largest absolute Gasteiger partial charge is 0.378 e. The van der Waals surface area contributed by atoms with E-state index < -0.39 is 0 Å². The van der Waals surface area contributed by atoms with Crippen LogP contribution in [0.15, 0.2) is 30.3 Å². The van der Waals surface area contributed by atoms with E-state index in [9.17, 15) is 0 Å². The first-order valence-corrected chi connectivity index (χ1v) is 10.6. The van der Waals surface area contributed by atoms with Crippen molar-refractivity contribution < 1.29 is 9.47 Å². The van der Waals surface area contributed by atoms with Crippen LogP contribution in [0.3, 0.4) is 0 Å². The molecule has 3 aliphatic heterocycles. The molecule has 0 radical (unpaired) electrons. The fraction of sp³-hybridized carbons (Fsp3) is 0.524. The summed E-state index contributed by atoms with van der Waals surface area (Å²) in [4.78, 5) is 5.27. The molecule has 1 N–H and O–H groups in total. The van der Waals surface area contributed by atoms with Gasteiger partial charge in [0, 0.05) is 28.5 Å². The van der Waals surface area contributed by atoms with E-state index in [0.29, 0.717) is 0 Å². The summed E-state index contributed by atoms with van der Waals surface area (Å²) in [5.74, 6) is 0. The normalized spacial score (nSPS) is 20.8. The lowest BCUT2D eigenvalue weighted by molar-refractivity contribution is -0.0771. The smallest absolute Gasteiger partial charge is 0.105 e. The lowest BCUT2D eigenvalue weighted by Crippen LogP contribution is -2.43. The molecule has 0 amide bonds. The molecule has 154 valence electrons. The number of hydrogen-bond donors (Lipinski definition) is 1. The predicted molar refractivity (Wildman–Crippen MR) is 121 cm³/mol. The standard InChI is InChI=1S/C21H26N2O2S.2ClH/c1-3-18(23-10-13-24-14-11-23)4-2-16(1)19-15-17-5-12-25-21(20(17)26-19)6-8-22-9-7-21;;/h1-4,15,22H,5-14H2;2*1H. The number of morpholine rings is 1. The van der Waals surface area contributed by atoms with Crippen molar-refractivity contribution >= 4 is 41.8 Å². The quantitative estimate of drug-likeness (QED) is 0.753. The summed E-state index contributed by atoms with van der Waals surface area (Å²) < 4.78 is 11.8. The van der Waals surface area contributed by atoms with Gasteiger partial charge in [-0.1, -0.05) is 12.1 Å². The maximum Gasteiger partial charge on any atom is 0.105 e. The molecule has 5 rings (SSSR count). The van der Waals surface area contributed by atoms with Gasteiger partial charge in [-0.05, 0) is 61.7 Å². The van der Waals surface area contributed by atoms with Gasteiger partial charge in [0.25, 0.3) is 0 Å². The molecule has 0 bridgehead atoms. The number of thiophene rings is 1.